The first kappa shape index (κ1) is 18.8. The number of anilines is 1. The van der Waals surface area contributed by atoms with Crippen LogP contribution < -0.4 is 5.32 Å². The standard InChI is InChI=1S/C15H22ClNO4S/c1-14(2,3)10-8-7-9-11(15(4,5)6)12(10)17-13(18)21-22(16,19)20/h7-9H,1-6H3,(H,17,18). The van der Waals surface area contributed by atoms with Gasteiger partial charge < -0.3 is 4.18 Å². The van der Waals surface area contributed by atoms with Gasteiger partial charge in [0.25, 0.3) is 0 Å². The van der Waals surface area contributed by atoms with Crippen LogP contribution >= 0.6 is 10.7 Å². The molecule has 0 bridgehead atoms. The quantitative estimate of drug-likeness (QED) is 0.809. The van der Waals surface area contributed by atoms with Gasteiger partial charge in [0.15, 0.2) is 0 Å². The largest absolute Gasteiger partial charge is 0.428 e. The first-order chi connectivity index (χ1) is 9.72. The fourth-order valence-electron chi connectivity index (χ4n) is 2.15. The minimum atomic E-state index is -4.38. The van der Waals surface area contributed by atoms with E-state index in [0.29, 0.717) is 5.69 Å². The van der Waals surface area contributed by atoms with Gasteiger partial charge in [-0.3, -0.25) is 5.32 Å². The monoisotopic (exact) mass is 347 g/mol. The van der Waals surface area contributed by atoms with Crippen molar-refractivity contribution in [2.24, 2.45) is 0 Å². The molecule has 0 unspecified atom stereocenters. The van der Waals surface area contributed by atoms with Crippen LogP contribution in [0.25, 0.3) is 0 Å². The zero-order valence-corrected chi connectivity index (χ0v) is 15.2. The van der Waals surface area contributed by atoms with E-state index in [1.54, 1.807) is 0 Å². The maximum absolute atomic E-state index is 11.8. The molecule has 0 aliphatic rings. The van der Waals surface area contributed by atoms with E-state index in [1.807, 2.05) is 59.7 Å². The molecule has 1 aromatic carbocycles. The number of hydrogen-bond acceptors (Lipinski definition) is 4. The molecule has 7 heteroatoms. The van der Waals surface area contributed by atoms with Crippen LogP contribution in [0.4, 0.5) is 10.5 Å². The lowest BCUT2D eigenvalue weighted by Crippen LogP contribution is -2.24. The molecule has 1 amide bonds. The molecular weight excluding hydrogens is 326 g/mol. The Kier molecular flexibility index (Phi) is 5.19. The topological polar surface area (TPSA) is 72.5 Å². The summed E-state index contributed by atoms with van der Waals surface area (Å²) in [6.45, 7) is 12.0. The van der Waals surface area contributed by atoms with Gasteiger partial charge in [0, 0.05) is 0 Å². The van der Waals surface area contributed by atoms with Gasteiger partial charge in [-0.25, -0.2) is 4.79 Å². The van der Waals surface area contributed by atoms with E-state index in [4.69, 9.17) is 10.7 Å². The van der Waals surface area contributed by atoms with Gasteiger partial charge >= 0.3 is 15.4 Å². The summed E-state index contributed by atoms with van der Waals surface area (Å²) in [6, 6.07) is 5.69. The number of halogens is 1. The Balaban J connectivity index is 3.39. The third kappa shape index (κ3) is 5.18. The molecule has 0 aliphatic carbocycles. The third-order valence-electron chi connectivity index (χ3n) is 3.08. The van der Waals surface area contributed by atoms with E-state index in [-0.39, 0.29) is 10.8 Å². The highest BCUT2D eigenvalue weighted by atomic mass is 35.7. The van der Waals surface area contributed by atoms with Crippen LogP contribution in [0.2, 0.25) is 0 Å². The summed E-state index contributed by atoms with van der Waals surface area (Å²) in [6.07, 6.45) is -1.13. The fourth-order valence-corrected chi connectivity index (χ4v) is 2.54. The number of para-hydroxylation sites is 1. The summed E-state index contributed by atoms with van der Waals surface area (Å²) in [4.78, 5) is 11.8. The van der Waals surface area contributed by atoms with Crippen molar-refractivity contribution >= 4 is 31.8 Å². The Morgan fingerprint density at radius 2 is 1.45 bits per heavy atom. The highest BCUT2D eigenvalue weighted by Crippen LogP contribution is 2.37. The Morgan fingerprint density at radius 3 is 1.77 bits per heavy atom. The van der Waals surface area contributed by atoms with E-state index in [1.165, 1.54) is 0 Å². The molecule has 0 atom stereocenters. The molecule has 1 rings (SSSR count). The first-order valence-corrected chi connectivity index (χ1v) is 9.04. The Labute approximate surface area is 136 Å². The van der Waals surface area contributed by atoms with Crippen LogP contribution in [0.1, 0.15) is 52.7 Å². The lowest BCUT2D eigenvalue weighted by molar-refractivity contribution is 0.218. The molecule has 0 fully saturated rings. The molecule has 22 heavy (non-hydrogen) atoms. The maximum Gasteiger partial charge on any atom is 0.428 e. The second-order valence-electron chi connectivity index (χ2n) is 7.12. The molecule has 0 saturated heterocycles. The number of nitrogens with one attached hydrogen (secondary N) is 1. The van der Waals surface area contributed by atoms with Gasteiger partial charge in [-0.05, 0) is 22.0 Å². The summed E-state index contributed by atoms with van der Waals surface area (Å²) in [5.41, 5.74) is 1.81. The van der Waals surface area contributed by atoms with Gasteiger partial charge in [-0.1, -0.05) is 59.7 Å². The highest BCUT2D eigenvalue weighted by Gasteiger charge is 2.27. The summed E-state index contributed by atoms with van der Waals surface area (Å²) < 4.78 is 25.9. The summed E-state index contributed by atoms with van der Waals surface area (Å²) in [7, 11) is 0.563. The Hall–Kier alpha value is -1.27. The average molecular weight is 348 g/mol. The molecule has 0 aromatic heterocycles. The Bertz CT molecular complexity index is 638. The zero-order valence-electron chi connectivity index (χ0n) is 13.7. The second-order valence-corrected chi connectivity index (χ2v) is 9.20. The van der Waals surface area contributed by atoms with Gasteiger partial charge in [-0.2, -0.15) is 8.42 Å². The summed E-state index contributed by atoms with van der Waals surface area (Å²) >= 11 is 0. The van der Waals surface area contributed by atoms with Crippen LogP contribution in [0.5, 0.6) is 0 Å². The predicted octanol–water partition coefficient (Wildman–Crippen LogP) is 4.31. The van der Waals surface area contributed by atoms with Crippen LogP contribution in [0, 0.1) is 0 Å². The molecular formula is C15H22ClNO4S. The number of carbonyl (C=O) groups is 1. The summed E-state index contributed by atoms with van der Waals surface area (Å²) in [5, 5.41) is 2.52. The Morgan fingerprint density at radius 1 is 1.05 bits per heavy atom. The smallest absolute Gasteiger partial charge is 0.316 e. The van der Waals surface area contributed by atoms with Crippen molar-refractivity contribution in [3.63, 3.8) is 0 Å². The van der Waals surface area contributed by atoms with Gasteiger partial charge in [0.05, 0.1) is 16.4 Å². The molecule has 0 heterocycles. The molecule has 0 spiro atoms. The highest BCUT2D eigenvalue weighted by molar-refractivity contribution is 8.10. The van der Waals surface area contributed by atoms with Gasteiger partial charge in [0.2, 0.25) is 0 Å². The number of hydrogen-bond donors (Lipinski definition) is 1. The molecule has 0 saturated carbocycles. The third-order valence-corrected chi connectivity index (χ3v) is 3.62. The molecule has 5 nitrogen and oxygen atoms in total. The van der Waals surface area contributed by atoms with Crippen molar-refractivity contribution in [2.45, 2.75) is 52.4 Å². The van der Waals surface area contributed by atoms with E-state index < -0.39 is 15.4 Å². The molecule has 1 aromatic rings. The van der Waals surface area contributed by atoms with Crippen molar-refractivity contribution in [1.82, 2.24) is 0 Å². The van der Waals surface area contributed by atoms with E-state index in [9.17, 15) is 13.2 Å². The minimum absolute atomic E-state index is 0.246. The number of carbonyl (C=O) groups excluding carboxylic acids is 1. The molecule has 0 aliphatic heterocycles. The van der Waals surface area contributed by atoms with Crippen molar-refractivity contribution in [2.75, 3.05) is 5.32 Å². The molecule has 124 valence electrons. The fraction of sp³-hybridized carbons (Fsp3) is 0.533. The van der Waals surface area contributed by atoms with Crippen LogP contribution in [0.15, 0.2) is 18.2 Å². The first-order valence-electron chi connectivity index (χ1n) is 6.81. The lowest BCUT2D eigenvalue weighted by Gasteiger charge is -2.29. The number of benzene rings is 1. The van der Waals surface area contributed by atoms with Crippen LogP contribution in [-0.2, 0) is 24.3 Å². The summed E-state index contributed by atoms with van der Waals surface area (Å²) in [5.74, 6) is 0. The van der Waals surface area contributed by atoms with Gasteiger partial charge in [-0.15, -0.1) is 0 Å². The average Bonchev–Trinajstić information content (AvgIpc) is 2.23. The normalized spacial score (nSPS) is 12.9. The van der Waals surface area contributed by atoms with Crippen molar-refractivity contribution in [1.29, 1.82) is 0 Å². The van der Waals surface area contributed by atoms with E-state index in [0.717, 1.165) is 11.1 Å². The number of rotatable bonds is 2. The van der Waals surface area contributed by atoms with Crippen LogP contribution in [0.3, 0.4) is 0 Å². The van der Waals surface area contributed by atoms with Crippen molar-refractivity contribution in [3.05, 3.63) is 29.3 Å². The predicted molar refractivity (Wildman–Crippen MR) is 88.7 cm³/mol. The van der Waals surface area contributed by atoms with Crippen molar-refractivity contribution in [3.8, 4) is 0 Å². The lowest BCUT2D eigenvalue weighted by atomic mass is 9.79. The minimum Gasteiger partial charge on any atom is -0.316 e. The SMILES string of the molecule is CC(C)(C)c1cccc(C(C)(C)C)c1NC(=O)OS(=O)(=O)Cl. The molecule has 1 N–H and O–H groups in total. The maximum atomic E-state index is 11.8. The number of amides is 1. The van der Waals surface area contributed by atoms with Crippen LogP contribution in [-0.4, -0.2) is 14.5 Å². The van der Waals surface area contributed by atoms with Gasteiger partial charge in [0.1, 0.15) is 0 Å². The van der Waals surface area contributed by atoms with E-state index in [2.05, 4.69) is 9.50 Å². The zero-order chi connectivity index (χ0) is 17.3. The molecule has 0 radical (unpaired) electrons. The second kappa shape index (κ2) is 6.08. The van der Waals surface area contributed by atoms with E-state index >= 15 is 0 Å². The van der Waals surface area contributed by atoms with Crippen molar-refractivity contribution < 1.29 is 17.4 Å².